The zero-order valence-electron chi connectivity index (χ0n) is 12.9. The van der Waals surface area contributed by atoms with Crippen LogP contribution in [0.5, 0.6) is 0 Å². The third-order valence-corrected chi connectivity index (χ3v) is 3.58. The predicted octanol–water partition coefficient (Wildman–Crippen LogP) is 1.96. The number of carbonyl (C=O) groups is 2. The molecule has 0 aliphatic heterocycles. The maximum absolute atomic E-state index is 11.9. The van der Waals surface area contributed by atoms with Crippen LogP contribution in [0.2, 0.25) is 0 Å². The Bertz CT molecular complexity index is 384. The van der Waals surface area contributed by atoms with Gasteiger partial charge in [0.1, 0.15) is 12.6 Å². The molecule has 1 aliphatic rings. The molecule has 6 heteroatoms. The highest BCUT2D eigenvalue weighted by Gasteiger charge is 2.23. The molecule has 2 amide bonds. The molecule has 0 spiro atoms. The Kier molecular flexibility index (Phi) is 7.59. The normalized spacial score (nSPS) is 16.3. The number of nitrogens with zero attached hydrogens (tertiary/aromatic N) is 1. The predicted molar refractivity (Wildman–Crippen MR) is 78.3 cm³/mol. The second-order valence-corrected chi connectivity index (χ2v) is 5.95. The smallest absolute Gasteiger partial charge is 0.407 e. The second kappa shape index (κ2) is 9.22. The summed E-state index contributed by atoms with van der Waals surface area (Å²) < 4.78 is 5.20. The van der Waals surface area contributed by atoms with E-state index in [-0.39, 0.29) is 18.4 Å². The lowest BCUT2D eigenvalue weighted by Crippen LogP contribution is -2.47. The summed E-state index contributed by atoms with van der Waals surface area (Å²) in [6.45, 7) is 4.29. The van der Waals surface area contributed by atoms with Crippen LogP contribution < -0.4 is 10.6 Å². The Morgan fingerprint density at radius 2 is 2.00 bits per heavy atom. The van der Waals surface area contributed by atoms with E-state index in [1.54, 1.807) is 0 Å². The van der Waals surface area contributed by atoms with Gasteiger partial charge in [0, 0.05) is 0 Å². The maximum atomic E-state index is 11.9. The van der Waals surface area contributed by atoms with Gasteiger partial charge in [0.15, 0.2) is 0 Å². The fourth-order valence-corrected chi connectivity index (χ4v) is 2.51. The summed E-state index contributed by atoms with van der Waals surface area (Å²) in [7, 11) is 0. The summed E-state index contributed by atoms with van der Waals surface area (Å²) in [5.41, 5.74) is 0. The minimum absolute atomic E-state index is 0.0633. The van der Waals surface area contributed by atoms with Gasteiger partial charge < -0.3 is 15.4 Å². The second-order valence-electron chi connectivity index (χ2n) is 5.95. The van der Waals surface area contributed by atoms with Crippen molar-refractivity contribution in [3.8, 4) is 6.07 Å². The maximum Gasteiger partial charge on any atom is 0.407 e. The van der Waals surface area contributed by atoms with Crippen LogP contribution in [0.1, 0.15) is 46.0 Å². The Morgan fingerprint density at radius 1 is 1.33 bits per heavy atom. The molecule has 1 rings (SSSR count). The average Bonchev–Trinajstić information content (AvgIpc) is 2.94. The van der Waals surface area contributed by atoms with E-state index in [0.29, 0.717) is 18.9 Å². The van der Waals surface area contributed by atoms with Gasteiger partial charge in [-0.25, -0.2) is 4.79 Å². The largest absolute Gasteiger partial charge is 0.449 e. The number of alkyl carbamates (subject to hydrolysis) is 1. The zero-order valence-corrected chi connectivity index (χ0v) is 12.9. The summed E-state index contributed by atoms with van der Waals surface area (Å²) in [6.07, 6.45) is 4.55. The van der Waals surface area contributed by atoms with Gasteiger partial charge in [0.05, 0.1) is 12.7 Å². The molecule has 0 aromatic heterocycles. The van der Waals surface area contributed by atoms with Crippen LogP contribution in [0, 0.1) is 23.2 Å². The van der Waals surface area contributed by atoms with E-state index in [9.17, 15) is 9.59 Å². The van der Waals surface area contributed by atoms with E-state index in [0.717, 1.165) is 12.8 Å². The number of hydrogen-bond donors (Lipinski definition) is 2. The average molecular weight is 295 g/mol. The van der Waals surface area contributed by atoms with Crippen molar-refractivity contribution in [1.29, 1.82) is 5.26 Å². The molecular weight excluding hydrogens is 270 g/mol. The van der Waals surface area contributed by atoms with Crippen LogP contribution >= 0.6 is 0 Å². The number of ether oxygens (including phenoxy) is 1. The monoisotopic (exact) mass is 295 g/mol. The molecule has 0 radical (unpaired) electrons. The number of amides is 2. The van der Waals surface area contributed by atoms with Crippen molar-refractivity contribution in [2.24, 2.45) is 11.8 Å². The molecular formula is C15H25N3O3. The first-order chi connectivity index (χ1) is 10.0. The van der Waals surface area contributed by atoms with Gasteiger partial charge in [-0.15, -0.1) is 0 Å². The van der Waals surface area contributed by atoms with Crippen LogP contribution in [-0.4, -0.2) is 31.2 Å². The lowest BCUT2D eigenvalue weighted by molar-refractivity contribution is -0.123. The third-order valence-electron chi connectivity index (χ3n) is 3.58. The molecule has 0 heterocycles. The number of nitriles is 1. The fourth-order valence-electron chi connectivity index (χ4n) is 2.51. The van der Waals surface area contributed by atoms with E-state index in [2.05, 4.69) is 10.6 Å². The highest BCUT2D eigenvalue weighted by molar-refractivity contribution is 5.85. The van der Waals surface area contributed by atoms with E-state index in [1.165, 1.54) is 12.8 Å². The number of rotatable bonds is 7. The summed E-state index contributed by atoms with van der Waals surface area (Å²) in [5.74, 6) is 0.354. The van der Waals surface area contributed by atoms with Crippen LogP contribution in [0.4, 0.5) is 4.79 Å². The highest BCUT2D eigenvalue weighted by atomic mass is 16.5. The Labute approximate surface area is 126 Å². The van der Waals surface area contributed by atoms with Crippen molar-refractivity contribution in [2.75, 3.05) is 13.2 Å². The van der Waals surface area contributed by atoms with Gasteiger partial charge in [0.2, 0.25) is 5.91 Å². The molecule has 6 nitrogen and oxygen atoms in total. The minimum Gasteiger partial charge on any atom is -0.449 e. The molecule has 0 aromatic carbocycles. The van der Waals surface area contributed by atoms with Crippen LogP contribution in [-0.2, 0) is 9.53 Å². The number of carbonyl (C=O) groups excluding carboxylic acids is 2. The summed E-state index contributed by atoms with van der Waals surface area (Å²) in [5, 5.41) is 13.6. The topological polar surface area (TPSA) is 91.2 Å². The lowest BCUT2D eigenvalue weighted by atomic mass is 10.0. The number of nitrogens with one attached hydrogen (secondary N) is 2. The standard InChI is InChI=1S/C15H25N3O3/c1-11(2)9-13(14(19)17-8-7-16)18-15(20)21-10-12-5-3-4-6-12/h11-13H,3-6,8-10H2,1-2H3,(H,17,19)(H,18,20)/t13-/m0/s1. The van der Waals surface area contributed by atoms with E-state index >= 15 is 0 Å². The zero-order chi connectivity index (χ0) is 15.7. The SMILES string of the molecule is CC(C)C[C@H](NC(=O)OCC1CCCC1)C(=O)NCC#N. The molecule has 1 fully saturated rings. The van der Waals surface area contributed by atoms with Crippen molar-refractivity contribution < 1.29 is 14.3 Å². The first-order valence-corrected chi connectivity index (χ1v) is 7.61. The molecule has 1 aliphatic carbocycles. The molecule has 0 unspecified atom stereocenters. The lowest BCUT2D eigenvalue weighted by Gasteiger charge is -2.20. The fraction of sp³-hybridized carbons (Fsp3) is 0.800. The molecule has 0 saturated heterocycles. The number of hydrogen-bond acceptors (Lipinski definition) is 4. The van der Waals surface area contributed by atoms with Crippen LogP contribution in [0.3, 0.4) is 0 Å². The van der Waals surface area contributed by atoms with Crippen LogP contribution in [0.15, 0.2) is 0 Å². The Morgan fingerprint density at radius 3 is 2.57 bits per heavy atom. The van der Waals surface area contributed by atoms with Crippen molar-refractivity contribution in [3.05, 3.63) is 0 Å². The first kappa shape index (κ1) is 17.3. The highest BCUT2D eigenvalue weighted by Crippen LogP contribution is 2.24. The van der Waals surface area contributed by atoms with Crippen molar-refractivity contribution in [2.45, 2.75) is 52.0 Å². The summed E-state index contributed by atoms with van der Waals surface area (Å²) >= 11 is 0. The van der Waals surface area contributed by atoms with Gasteiger partial charge in [-0.2, -0.15) is 5.26 Å². The van der Waals surface area contributed by atoms with Gasteiger partial charge >= 0.3 is 6.09 Å². The molecule has 0 bridgehead atoms. The molecule has 0 aromatic rings. The van der Waals surface area contributed by atoms with E-state index < -0.39 is 12.1 Å². The van der Waals surface area contributed by atoms with E-state index in [4.69, 9.17) is 10.00 Å². The Hall–Kier alpha value is -1.77. The molecule has 1 atom stereocenters. The van der Waals surface area contributed by atoms with Gasteiger partial charge in [-0.1, -0.05) is 26.7 Å². The molecule has 118 valence electrons. The summed E-state index contributed by atoms with van der Waals surface area (Å²) in [4.78, 5) is 23.7. The van der Waals surface area contributed by atoms with Crippen LogP contribution in [0.25, 0.3) is 0 Å². The van der Waals surface area contributed by atoms with Crippen molar-refractivity contribution in [3.63, 3.8) is 0 Å². The molecule has 2 N–H and O–H groups in total. The van der Waals surface area contributed by atoms with Crippen molar-refractivity contribution in [1.82, 2.24) is 10.6 Å². The Balaban J connectivity index is 2.40. The van der Waals surface area contributed by atoms with Gasteiger partial charge in [0.25, 0.3) is 0 Å². The first-order valence-electron chi connectivity index (χ1n) is 7.61. The van der Waals surface area contributed by atoms with Gasteiger partial charge in [-0.05, 0) is 31.1 Å². The molecule has 1 saturated carbocycles. The third kappa shape index (κ3) is 6.98. The van der Waals surface area contributed by atoms with E-state index in [1.807, 2.05) is 19.9 Å². The van der Waals surface area contributed by atoms with Crippen molar-refractivity contribution >= 4 is 12.0 Å². The molecule has 21 heavy (non-hydrogen) atoms. The summed E-state index contributed by atoms with van der Waals surface area (Å²) in [6, 6.07) is 1.19. The van der Waals surface area contributed by atoms with Gasteiger partial charge in [-0.3, -0.25) is 4.79 Å². The quantitative estimate of drug-likeness (QED) is 0.702. The minimum atomic E-state index is -0.658.